The van der Waals surface area contributed by atoms with Crippen LogP contribution < -0.4 is 4.74 Å². The first kappa shape index (κ1) is 16.7. The van der Waals surface area contributed by atoms with Crippen LogP contribution in [0.1, 0.15) is 30.7 Å². The van der Waals surface area contributed by atoms with E-state index < -0.39 is 44.0 Å². The monoisotopic (exact) mass is 334 g/mol. The van der Waals surface area contributed by atoms with Crippen LogP contribution in [0.3, 0.4) is 0 Å². The maximum Gasteiger partial charge on any atom is 0.303 e. The zero-order chi connectivity index (χ0) is 16.7. The molecule has 2 rings (SSSR count). The van der Waals surface area contributed by atoms with Crippen LogP contribution in [0.5, 0.6) is 5.75 Å². The van der Waals surface area contributed by atoms with E-state index >= 15 is 0 Å². The summed E-state index contributed by atoms with van der Waals surface area (Å²) in [5.74, 6) is -4.63. The van der Waals surface area contributed by atoms with Gasteiger partial charge in [-0.1, -0.05) is 0 Å². The molecule has 1 aromatic carbocycles. The molecule has 1 aliphatic rings. The smallest absolute Gasteiger partial charge is 0.303 e. The van der Waals surface area contributed by atoms with E-state index in [-0.39, 0.29) is 17.9 Å². The van der Waals surface area contributed by atoms with Gasteiger partial charge in [-0.3, -0.25) is 4.79 Å². The van der Waals surface area contributed by atoms with Gasteiger partial charge in [-0.15, -0.1) is 0 Å². The fourth-order valence-electron chi connectivity index (χ4n) is 2.64. The number of hydrogen-bond acceptors (Lipinski definition) is 4. The highest BCUT2D eigenvalue weighted by Crippen LogP contribution is 2.48. The summed E-state index contributed by atoms with van der Waals surface area (Å²) >= 11 is 0. The van der Waals surface area contributed by atoms with Gasteiger partial charge in [-0.2, -0.15) is 0 Å². The molecule has 0 amide bonds. The molecule has 1 unspecified atom stereocenters. The molecule has 1 aliphatic carbocycles. The summed E-state index contributed by atoms with van der Waals surface area (Å²) in [7, 11) is -2.98. The van der Waals surface area contributed by atoms with Crippen molar-refractivity contribution >= 4 is 15.8 Å². The summed E-state index contributed by atoms with van der Waals surface area (Å²) < 4.78 is 56.4. The molecule has 1 saturated carbocycles. The van der Waals surface area contributed by atoms with Gasteiger partial charge in [0.15, 0.2) is 21.4 Å². The second-order valence-corrected chi connectivity index (χ2v) is 7.39. The number of sulfone groups is 1. The Morgan fingerprint density at radius 1 is 1.45 bits per heavy atom. The van der Waals surface area contributed by atoms with E-state index in [9.17, 15) is 22.0 Å². The molecule has 1 N–H and O–H groups in total. The van der Waals surface area contributed by atoms with Gasteiger partial charge in [0.05, 0.1) is 13.5 Å². The molecule has 0 radical (unpaired) electrons. The highest BCUT2D eigenvalue weighted by molar-refractivity contribution is 7.90. The first-order chi connectivity index (χ1) is 10.2. The van der Waals surface area contributed by atoms with Crippen molar-refractivity contribution in [3.63, 3.8) is 0 Å². The molecule has 1 aromatic rings. The Morgan fingerprint density at radius 3 is 2.45 bits per heavy atom. The van der Waals surface area contributed by atoms with Crippen molar-refractivity contribution in [3.8, 4) is 5.75 Å². The molecule has 1 fully saturated rings. The molecule has 8 heteroatoms. The van der Waals surface area contributed by atoms with Crippen LogP contribution in [0.15, 0.2) is 11.0 Å². The van der Waals surface area contributed by atoms with Gasteiger partial charge in [-0.05, 0) is 24.8 Å². The number of halogens is 2. The average Bonchev–Trinajstić information content (AvgIpc) is 3.17. The Kier molecular flexibility index (Phi) is 4.42. The van der Waals surface area contributed by atoms with E-state index in [4.69, 9.17) is 9.84 Å². The summed E-state index contributed by atoms with van der Waals surface area (Å²) in [4.78, 5) is 9.93. The molecule has 0 aromatic heterocycles. The summed E-state index contributed by atoms with van der Waals surface area (Å²) in [5.41, 5.74) is 0.0646. The summed E-state index contributed by atoms with van der Waals surface area (Å²) in [6.45, 7) is 0. The van der Waals surface area contributed by atoms with Crippen LogP contribution in [-0.4, -0.2) is 32.9 Å². The number of ether oxygens (including phenoxy) is 1. The lowest BCUT2D eigenvalue weighted by molar-refractivity contribution is -0.137. The molecular formula is C14H16F2O5S. The Labute approximate surface area is 126 Å². The lowest BCUT2D eigenvalue weighted by Gasteiger charge is -2.20. The molecule has 0 bridgehead atoms. The van der Waals surface area contributed by atoms with Crippen molar-refractivity contribution in [2.45, 2.75) is 30.1 Å². The Morgan fingerprint density at radius 2 is 2.05 bits per heavy atom. The van der Waals surface area contributed by atoms with Gasteiger partial charge in [0.1, 0.15) is 10.7 Å². The maximum atomic E-state index is 14.4. The molecule has 122 valence electrons. The summed E-state index contributed by atoms with van der Waals surface area (Å²) in [6, 6.07) is 0.879. The number of hydrogen-bond donors (Lipinski definition) is 1. The molecular weight excluding hydrogens is 318 g/mol. The zero-order valence-corrected chi connectivity index (χ0v) is 12.9. The lowest BCUT2D eigenvalue weighted by Crippen LogP contribution is -2.14. The Bertz CT molecular complexity index is 710. The minimum atomic E-state index is -4.11. The van der Waals surface area contributed by atoms with Crippen molar-refractivity contribution in [3.05, 3.63) is 23.3 Å². The first-order valence-electron chi connectivity index (χ1n) is 6.64. The average molecular weight is 334 g/mol. The van der Waals surface area contributed by atoms with Crippen molar-refractivity contribution in [1.29, 1.82) is 0 Å². The molecule has 1 atom stereocenters. The second kappa shape index (κ2) is 5.83. The number of aliphatic carboxylic acids is 1. The highest BCUT2D eigenvalue weighted by atomic mass is 32.2. The van der Waals surface area contributed by atoms with Crippen molar-refractivity contribution in [1.82, 2.24) is 0 Å². The van der Waals surface area contributed by atoms with Crippen LogP contribution in [0.4, 0.5) is 8.78 Å². The molecule has 5 nitrogen and oxygen atoms in total. The quantitative estimate of drug-likeness (QED) is 0.864. The normalized spacial score (nSPS) is 16.4. The van der Waals surface area contributed by atoms with Crippen LogP contribution in [0, 0.1) is 17.6 Å². The minimum Gasteiger partial charge on any atom is -0.493 e. The number of methoxy groups -OCH3 is 1. The predicted octanol–water partition coefficient (Wildman–Crippen LogP) is 2.35. The number of rotatable bonds is 6. The SMILES string of the molecule is COc1c(C(CC(=O)O)C2CC2)cc(F)c(S(C)(=O)=O)c1F. The Hall–Kier alpha value is -1.70. The fraction of sp³-hybridized carbons (Fsp3) is 0.500. The summed E-state index contributed by atoms with van der Waals surface area (Å²) in [5, 5.41) is 8.98. The summed E-state index contributed by atoms with van der Waals surface area (Å²) in [6.07, 6.45) is 1.93. The van der Waals surface area contributed by atoms with Gasteiger partial charge >= 0.3 is 5.97 Å². The van der Waals surface area contributed by atoms with Crippen molar-refractivity contribution in [2.24, 2.45) is 5.92 Å². The molecule has 0 heterocycles. The minimum absolute atomic E-state index is 0.00730. The topological polar surface area (TPSA) is 80.7 Å². The van der Waals surface area contributed by atoms with Gasteiger partial charge in [0, 0.05) is 17.7 Å². The van der Waals surface area contributed by atoms with Crippen molar-refractivity contribution in [2.75, 3.05) is 13.4 Å². The molecule has 22 heavy (non-hydrogen) atoms. The van der Waals surface area contributed by atoms with E-state index in [2.05, 4.69) is 0 Å². The molecule has 0 aliphatic heterocycles. The van der Waals surface area contributed by atoms with Gasteiger partial charge < -0.3 is 9.84 Å². The number of carboxylic acids is 1. The third-order valence-electron chi connectivity index (χ3n) is 3.72. The number of benzene rings is 1. The molecule has 0 spiro atoms. The number of carboxylic acid groups (broad SMARTS) is 1. The third-order valence-corrected chi connectivity index (χ3v) is 4.84. The van der Waals surface area contributed by atoms with E-state index in [0.29, 0.717) is 6.26 Å². The van der Waals surface area contributed by atoms with E-state index in [1.807, 2.05) is 0 Å². The van der Waals surface area contributed by atoms with E-state index in [0.717, 1.165) is 26.0 Å². The maximum absolute atomic E-state index is 14.4. The van der Waals surface area contributed by atoms with Crippen LogP contribution in [-0.2, 0) is 14.6 Å². The van der Waals surface area contributed by atoms with Gasteiger partial charge in [0.25, 0.3) is 0 Å². The predicted molar refractivity (Wildman–Crippen MR) is 73.7 cm³/mol. The van der Waals surface area contributed by atoms with Crippen LogP contribution in [0.2, 0.25) is 0 Å². The third kappa shape index (κ3) is 3.21. The first-order valence-corrected chi connectivity index (χ1v) is 8.53. The molecule has 0 saturated heterocycles. The lowest BCUT2D eigenvalue weighted by atomic mass is 9.90. The van der Waals surface area contributed by atoms with E-state index in [1.54, 1.807) is 0 Å². The Balaban J connectivity index is 2.63. The number of carbonyl (C=O) groups is 1. The van der Waals surface area contributed by atoms with Crippen molar-refractivity contribution < 1.29 is 31.8 Å². The van der Waals surface area contributed by atoms with Crippen LogP contribution in [0.25, 0.3) is 0 Å². The van der Waals surface area contributed by atoms with Gasteiger partial charge in [0.2, 0.25) is 0 Å². The second-order valence-electron chi connectivity index (χ2n) is 5.44. The highest BCUT2D eigenvalue weighted by Gasteiger charge is 2.38. The van der Waals surface area contributed by atoms with Crippen LogP contribution >= 0.6 is 0 Å². The van der Waals surface area contributed by atoms with Gasteiger partial charge in [-0.25, -0.2) is 17.2 Å². The fourth-order valence-corrected chi connectivity index (χ4v) is 3.47. The van der Waals surface area contributed by atoms with E-state index in [1.165, 1.54) is 0 Å². The standard InChI is InChI=1S/C14H16F2O5S/c1-21-13-9(8(6-11(17)18)7-3-4-7)5-10(15)14(12(13)16)22(2,19)20/h5,7-8H,3-4,6H2,1-2H3,(H,17,18). The largest absolute Gasteiger partial charge is 0.493 e. The zero-order valence-electron chi connectivity index (χ0n) is 12.1.